The molecule has 0 aromatic carbocycles. The molecule has 1 aromatic rings. The maximum atomic E-state index is 11.4. The normalized spacial score (nSPS) is 10.6. The summed E-state index contributed by atoms with van der Waals surface area (Å²) in [6.45, 7) is 7.65. The predicted octanol–water partition coefficient (Wildman–Crippen LogP) is 1.01. The van der Waals surface area contributed by atoms with Gasteiger partial charge in [0, 0.05) is 39.0 Å². The summed E-state index contributed by atoms with van der Waals surface area (Å²) in [5.74, 6) is 0.812. The van der Waals surface area contributed by atoms with E-state index in [2.05, 4.69) is 11.6 Å². The smallest absolute Gasteiger partial charge is 0.320 e. The largest absolute Gasteiger partial charge is 0.465 e. The second-order valence-corrected chi connectivity index (χ2v) is 4.03. The maximum Gasteiger partial charge on any atom is 0.320 e. The van der Waals surface area contributed by atoms with Crippen LogP contribution in [0.3, 0.4) is 0 Å². The Morgan fingerprint density at radius 1 is 1.67 bits per heavy atom. The third kappa shape index (κ3) is 4.71. The first-order valence-electron chi connectivity index (χ1n) is 6.12. The Labute approximate surface area is 108 Å². The number of rotatable bonds is 8. The molecule has 1 heterocycles. The van der Waals surface area contributed by atoms with E-state index in [1.807, 2.05) is 29.6 Å². The van der Waals surface area contributed by atoms with E-state index in [0.717, 1.165) is 18.8 Å². The van der Waals surface area contributed by atoms with Gasteiger partial charge in [0.15, 0.2) is 0 Å². The average Bonchev–Trinajstić information content (AvgIpc) is 2.72. The highest BCUT2D eigenvalue weighted by atomic mass is 16.5. The van der Waals surface area contributed by atoms with Crippen molar-refractivity contribution in [3.63, 3.8) is 0 Å². The van der Waals surface area contributed by atoms with Crippen molar-refractivity contribution in [3.05, 3.63) is 30.9 Å². The Hall–Kier alpha value is -1.62. The molecular formula is C13H21N3O2. The standard InChI is InChI=1S/C13H21N3O2/c1-4-8-16(11-13(17)18-5-2)9-6-12-14-7-10-15(12)3/h4,7,10H,1,5-6,8-9,11H2,2-3H3. The van der Waals surface area contributed by atoms with E-state index in [1.165, 1.54) is 0 Å². The number of carbonyl (C=O) groups excluding carboxylic acids is 1. The monoisotopic (exact) mass is 251 g/mol. The van der Waals surface area contributed by atoms with Gasteiger partial charge in [0.1, 0.15) is 5.82 Å². The molecular weight excluding hydrogens is 230 g/mol. The summed E-state index contributed by atoms with van der Waals surface area (Å²) < 4.78 is 6.93. The SMILES string of the molecule is C=CCN(CCc1nccn1C)CC(=O)OCC. The first-order valence-corrected chi connectivity index (χ1v) is 6.12. The van der Waals surface area contributed by atoms with Crippen LogP contribution >= 0.6 is 0 Å². The maximum absolute atomic E-state index is 11.4. The van der Waals surface area contributed by atoms with Gasteiger partial charge in [-0.3, -0.25) is 9.69 Å². The van der Waals surface area contributed by atoms with Crippen molar-refractivity contribution < 1.29 is 9.53 Å². The second-order valence-electron chi connectivity index (χ2n) is 4.03. The van der Waals surface area contributed by atoms with Gasteiger partial charge in [0.2, 0.25) is 0 Å². The molecule has 0 aliphatic heterocycles. The Bertz CT molecular complexity index is 387. The van der Waals surface area contributed by atoms with Gasteiger partial charge >= 0.3 is 5.97 Å². The molecule has 0 N–H and O–H groups in total. The van der Waals surface area contributed by atoms with Crippen LogP contribution in [0.25, 0.3) is 0 Å². The highest BCUT2D eigenvalue weighted by molar-refractivity contribution is 5.71. The minimum atomic E-state index is -0.195. The fraction of sp³-hybridized carbons (Fsp3) is 0.538. The third-order valence-corrected chi connectivity index (χ3v) is 2.62. The van der Waals surface area contributed by atoms with Crippen LogP contribution in [0.4, 0.5) is 0 Å². The highest BCUT2D eigenvalue weighted by Crippen LogP contribution is 1.99. The van der Waals surface area contributed by atoms with Crippen LogP contribution in [0.15, 0.2) is 25.0 Å². The van der Waals surface area contributed by atoms with Gasteiger partial charge in [-0.1, -0.05) is 6.08 Å². The highest BCUT2D eigenvalue weighted by Gasteiger charge is 2.11. The number of hydrogen-bond acceptors (Lipinski definition) is 4. The Morgan fingerprint density at radius 3 is 3.00 bits per heavy atom. The van der Waals surface area contributed by atoms with Gasteiger partial charge in [-0.25, -0.2) is 4.98 Å². The molecule has 0 saturated heterocycles. The molecule has 0 aliphatic carbocycles. The lowest BCUT2D eigenvalue weighted by Gasteiger charge is -2.19. The molecule has 0 saturated carbocycles. The number of ether oxygens (including phenoxy) is 1. The van der Waals surface area contributed by atoms with Crippen molar-refractivity contribution in [2.75, 3.05) is 26.2 Å². The fourth-order valence-electron chi connectivity index (χ4n) is 1.70. The number of aryl methyl sites for hydroxylation is 1. The number of aromatic nitrogens is 2. The van der Waals surface area contributed by atoms with E-state index in [-0.39, 0.29) is 5.97 Å². The lowest BCUT2D eigenvalue weighted by Crippen LogP contribution is -2.33. The topological polar surface area (TPSA) is 47.4 Å². The Morgan fingerprint density at radius 2 is 2.44 bits per heavy atom. The first-order chi connectivity index (χ1) is 8.67. The Kier molecular flexibility index (Phi) is 6.14. The van der Waals surface area contributed by atoms with Crippen LogP contribution in [0.2, 0.25) is 0 Å². The molecule has 1 aromatic heterocycles. The summed E-state index contributed by atoms with van der Waals surface area (Å²) >= 11 is 0. The quantitative estimate of drug-likeness (QED) is 0.511. The van der Waals surface area contributed by atoms with E-state index >= 15 is 0 Å². The Balaban J connectivity index is 2.45. The van der Waals surface area contributed by atoms with Crippen LogP contribution in [-0.4, -0.2) is 46.7 Å². The van der Waals surface area contributed by atoms with Crippen LogP contribution in [0, 0.1) is 0 Å². The first kappa shape index (κ1) is 14.4. The number of nitrogens with zero attached hydrogens (tertiary/aromatic N) is 3. The molecule has 0 aliphatic rings. The van der Waals surface area contributed by atoms with Crippen LogP contribution < -0.4 is 0 Å². The molecule has 5 heteroatoms. The molecule has 5 nitrogen and oxygen atoms in total. The van der Waals surface area contributed by atoms with E-state index in [1.54, 1.807) is 12.3 Å². The van der Waals surface area contributed by atoms with E-state index < -0.39 is 0 Å². The van der Waals surface area contributed by atoms with Crippen LogP contribution in [-0.2, 0) is 23.0 Å². The second kappa shape index (κ2) is 7.66. The van der Waals surface area contributed by atoms with Crippen molar-refractivity contribution in [2.45, 2.75) is 13.3 Å². The van der Waals surface area contributed by atoms with Crippen molar-refractivity contribution in [1.82, 2.24) is 14.5 Å². The molecule has 0 bridgehead atoms. The number of carbonyl (C=O) groups is 1. The molecule has 1 rings (SSSR count). The van der Waals surface area contributed by atoms with E-state index in [0.29, 0.717) is 19.7 Å². The minimum Gasteiger partial charge on any atom is -0.465 e. The van der Waals surface area contributed by atoms with Gasteiger partial charge in [-0.15, -0.1) is 6.58 Å². The van der Waals surface area contributed by atoms with Gasteiger partial charge in [-0.2, -0.15) is 0 Å². The summed E-state index contributed by atoms with van der Waals surface area (Å²) in [5.41, 5.74) is 0. The molecule has 0 spiro atoms. The van der Waals surface area contributed by atoms with Gasteiger partial charge < -0.3 is 9.30 Å². The van der Waals surface area contributed by atoms with Crippen molar-refractivity contribution in [1.29, 1.82) is 0 Å². The van der Waals surface area contributed by atoms with Crippen molar-refractivity contribution >= 4 is 5.97 Å². The lowest BCUT2D eigenvalue weighted by atomic mass is 10.3. The summed E-state index contributed by atoms with van der Waals surface area (Å²) in [4.78, 5) is 17.7. The molecule has 0 atom stereocenters. The molecule has 18 heavy (non-hydrogen) atoms. The molecule has 0 unspecified atom stereocenters. The van der Waals surface area contributed by atoms with Gasteiger partial charge in [-0.05, 0) is 6.92 Å². The predicted molar refractivity (Wildman–Crippen MR) is 70.2 cm³/mol. The summed E-state index contributed by atoms with van der Waals surface area (Å²) in [7, 11) is 1.96. The van der Waals surface area contributed by atoms with Crippen molar-refractivity contribution in [2.24, 2.45) is 7.05 Å². The lowest BCUT2D eigenvalue weighted by molar-refractivity contribution is -0.144. The van der Waals surface area contributed by atoms with Crippen LogP contribution in [0.1, 0.15) is 12.7 Å². The van der Waals surface area contributed by atoms with Gasteiger partial charge in [0.25, 0.3) is 0 Å². The van der Waals surface area contributed by atoms with E-state index in [9.17, 15) is 4.79 Å². The summed E-state index contributed by atoms with van der Waals surface area (Å²) in [6.07, 6.45) is 6.28. The number of hydrogen-bond donors (Lipinski definition) is 0. The summed E-state index contributed by atoms with van der Waals surface area (Å²) in [6, 6.07) is 0. The van der Waals surface area contributed by atoms with Crippen molar-refractivity contribution in [3.8, 4) is 0 Å². The van der Waals surface area contributed by atoms with Crippen LogP contribution in [0.5, 0.6) is 0 Å². The fourth-order valence-corrected chi connectivity index (χ4v) is 1.70. The average molecular weight is 251 g/mol. The molecule has 0 amide bonds. The zero-order valence-corrected chi connectivity index (χ0v) is 11.1. The summed E-state index contributed by atoms with van der Waals surface area (Å²) in [5, 5.41) is 0. The zero-order chi connectivity index (χ0) is 13.4. The molecule has 0 radical (unpaired) electrons. The number of esters is 1. The molecule has 100 valence electrons. The molecule has 0 fully saturated rings. The minimum absolute atomic E-state index is 0.195. The van der Waals surface area contributed by atoms with Gasteiger partial charge in [0.05, 0.1) is 13.2 Å². The number of imidazole rings is 1. The van der Waals surface area contributed by atoms with E-state index in [4.69, 9.17) is 4.74 Å². The third-order valence-electron chi connectivity index (χ3n) is 2.62. The zero-order valence-electron chi connectivity index (χ0n) is 11.1.